The van der Waals surface area contributed by atoms with Crippen molar-refractivity contribution < 1.29 is 14.3 Å². The minimum atomic E-state index is 0.0390. The predicted octanol–water partition coefficient (Wildman–Crippen LogP) is 3.23. The van der Waals surface area contributed by atoms with E-state index >= 15 is 0 Å². The molecule has 8 heteroatoms. The fourth-order valence-electron chi connectivity index (χ4n) is 4.29. The minimum Gasteiger partial charge on any atom is -0.497 e. The standard InChI is InChI=1S/C26H35N5O3/c1-4-19(2)31(26(33)21-6-7-21)18-25(32)30-15-5-14-29(16-17-30)24-13-12-23(27-28-24)20-8-10-22(34-3)11-9-20/h8-13,19,21H,4-7,14-18H2,1-3H3. The molecule has 1 atom stereocenters. The number of anilines is 1. The molecule has 8 nitrogen and oxygen atoms in total. The van der Waals surface area contributed by atoms with E-state index in [-0.39, 0.29) is 30.3 Å². The Morgan fingerprint density at radius 3 is 2.44 bits per heavy atom. The highest BCUT2D eigenvalue weighted by molar-refractivity contribution is 5.87. The van der Waals surface area contributed by atoms with E-state index in [0.29, 0.717) is 19.6 Å². The van der Waals surface area contributed by atoms with Gasteiger partial charge in [0.2, 0.25) is 11.8 Å². The van der Waals surface area contributed by atoms with Gasteiger partial charge in [0.05, 0.1) is 19.3 Å². The molecule has 2 heterocycles. The molecule has 0 spiro atoms. The van der Waals surface area contributed by atoms with E-state index in [9.17, 15) is 9.59 Å². The number of hydrogen-bond donors (Lipinski definition) is 0. The van der Waals surface area contributed by atoms with Crippen LogP contribution in [0, 0.1) is 5.92 Å². The van der Waals surface area contributed by atoms with Crippen LogP contribution < -0.4 is 9.64 Å². The number of aromatic nitrogens is 2. The second-order valence-electron chi connectivity index (χ2n) is 9.22. The van der Waals surface area contributed by atoms with E-state index in [2.05, 4.69) is 22.0 Å². The van der Waals surface area contributed by atoms with Crippen molar-refractivity contribution in [3.8, 4) is 17.0 Å². The van der Waals surface area contributed by atoms with Gasteiger partial charge >= 0.3 is 0 Å². The molecule has 1 saturated carbocycles. The fourth-order valence-corrected chi connectivity index (χ4v) is 4.29. The lowest BCUT2D eigenvalue weighted by Gasteiger charge is -2.31. The number of nitrogens with zero attached hydrogens (tertiary/aromatic N) is 5. The van der Waals surface area contributed by atoms with E-state index in [1.54, 1.807) is 12.0 Å². The first-order valence-corrected chi connectivity index (χ1v) is 12.3. The number of carbonyl (C=O) groups is 2. The van der Waals surface area contributed by atoms with Crippen LogP contribution in [-0.2, 0) is 9.59 Å². The van der Waals surface area contributed by atoms with Crippen molar-refractivity contribution in [2.45, 2.75) is 45.6 Å². The molecule has 1 aromatic heterocycles. The summed E-state index contributed by atoms with van der Waals surface area (Å²) < 4.78 is 5.21. The molecule has 2 aromatic rings. The summed E-state index contributed by atoms with van der Waals surface area (Å²) in [7, 11) is 1.65. The number of carbonyl (C=O) groups excluding carboxylic acids is 2. The first kappa shape index (κ1) is 24.0. The smallest absolute Gasteiger partial charge is 0.242 e. The van der Waals surface area contributed by atoms with Gasteiger partial charge in [-0.05, 0) is 69.0 Å². The monoisotopic (exact) mass is 465 g/mol. The van der Waals surface area contributed by atoms with E-state index in [0.717, 1.165) is 55.1 Å². The zero-order valence-electron chi connectivity index (χ0n) is 20.4. The Kier molecular flexibility index (Phi) is 7.65. The molecule has 1 saturated heterocycles. The van der Waals surface area contributed by atoms with E-state index in [4.69, 9.17) is 4.74 Å². The topological polar surface area (TPSA) is 78.9 Å². The Bertz CT molecular complexity index is 975. The summed E-state index contributed by atoms with van der Waals surface area (Å²) >= 11 is 0. The lowest BCUT2D eigenvalue weighted by atomic mass is 10.1. The van der Waals surface area contributed by atoms with Crippen LogP contribution in [0.1, 0.15) is 39.5 Å². The molecular weight excluding hydrogens is 430 g/mol. The second kappa shape index (κ2) is 10.8. The molecule has 34 heavy (non-hydrogen) atoms. The van der Waals surface area contributed by atoms with Crippen molar-refractivity contribution in [3.05, 3.63) is 36.4 Å². The van der Waals surface area contributed by atoms with E-state index < -0.39 is 0 Å². The van der Waals surface area contributed by atoms with Crippen LogP contribution in [0.4, 0.5) is 5.82 Å². The Balaban J connectivity index is 1.35. The van der Waals surface area contributed by atoms with E-state index in [1.807, 2.05) is 48.2 Å². The highest BCUT2D eigenvalue weighted by Crippen LogP contribution is 2.32. The summed E-state index contributed by atoms with van der Waals surface area (Å²) in [6.07, 6.45) is 3.62. The first-order chi connectivity index (χ1) is 16.5. The van der Waals surface area contributed by atoms with Crippen LogP contribution in [-0.4, -0.2) is 77.7 Å². The molecule has 1 aromatic carbocycles. The van der Waals surface area contributed by atoms with Crippen LogP contribution in [0.5, 0.6) is 5.75 Å². The quantitative estimate of drug-likeness (QED) is 0.596. The summed E-state index contributed by atoms with van der Waals surface area (Å²) in [5.74, 6) is 1.93. The van der Waals surface area contributed by atoms with Crippen molar-refractivity contribution in [2.75, 3.05) is 44.7 Å². The molecule has 0 bridgehead atoms. The Hall–Kier alpha value is -3.16. The van der Waals surface area contributed by atoms with Gasteiger partial charge in [0.1, 0.15) is 5.75 Å². The van der Waals surface area contributed by atoms with E-state index in [1.165, 1.54) is 0 Å². The highest BCUT2D eigenvalue weighted by Gasteiger charge is 2.36. The average Bonchev–Trinajstić information content (AvgIpc) is 3.74. The lowest BCUT2D eigenvalue weighted by molar-refractivity contribution is -0.143. The fraction of sp³-hybridized carbons (Fsp3) is 0.538. The number of benzene rings is 1. The predicted molar refractivity (Wildman–Crippen MR) is 132 cm³/mol. The third-order valence-electron chi connectivity index (χ3n) is 6.85. The lowest BCUT2D eigenvalue weighted by Crippen LogP contribution is -2.47. The van der Waals surface area contributed by atoms with Crippen molar-refractivity contribution >= 4 is 17.6 Å². The van der Waals surface area contributed by atoms with Crippen LogP contribution >= 0.6 is 0 Å². The van der Waals surface area contributed by atoms with Crippen LogP contribution in [0.3, 0.4) is 0 Å². The average molecular weight is 466 g/mol. The normalized spacial score (nSPS) is 17.1. The SMILES string of the molecule is CCC(C)N(CC(=O)N1CCCN(c2ccc(-c3ccc(OC)cc3)nn2)CC1)C(=O)C1CC1. The van der Waals surface area contributed by atoms with Gasteiger partial charge in [-0.25, -0.2) is 0 Å². The molecule has 0 radical (unpaired) electrons. The van der Waals surface area contributed by atoms with Gasteiger partial charge in [-0.15, -0.1) is 10.2 Å². The van der Waals surface area contributed by atoms with Crippen LogP contribution in [0.2, 0.25) is 0 Å². The summed E-state index contributed by atoms with van der Waals surface area (Å²) in [6.45, 7) is 7.10. The highest BCUT2D eigenvalue weighted by atomic mass is 16.5. The molecule has 1 aliphatic carbocycles. The number of rotatable bonds is 8. The van der Waals surface area contributed by atoms with Gasteiger partial charge < -0.3 is 19.4 Å². The third kappa shape index (κ3) is 5.66. The Labute approximate surface area is 201 Å². The van der Waals surface area contributed by atoms with Gasteiger partial charge in [0, 0.05) is 43.7 Å². The molecular formula is C26H35N5O3. The zero-order chi connectivity index (χ0) is 24.1. The van der Waals surface area contributed by atoms with Crippen molar-refractivity contribution in [1.82, 2.24) is 20.0 Å². The van der Waals surface area contributed by atoms with Gasteiger partial charge in [-0.2, -0.15) is 0 Å². The maximum Gasteiger partial charge on any atom is 0.242 e. The summed E-state index contributed by atoms with van der Waals surface area (Å²) in [4.78, 5) is 31.7. The van der Waals surface area contributed by atoms with Gasteiger partial charge in [-0.3, -0.25) is 9.59 Å². The maximum absolute atomic E-state index is 13.1. The molecule has 2 amide bonds. The van der Waals surface area contributed by atoms with Gasteiger partial charge in [0.15, 0.2) is 5.82 Å². The largest absolute Gasteiger partial charge is 0.497 e. The van der Waals surface area contributed by atoms with Gasteiger partial charge in [-0.1, -0.05) is 6.92 Å². The van der Waals surface area contributed by atoms with Gasteiger partial charge in [0.25, 0.3) is 0 Å². The molecule has 2 fully saturated rings. The third-order valence-corrected chi connectivity index (χ3v) is 6.85. The number of ether oxygens (including phenoxy) is 1. The molecule has 2 aliphatic rings. The number of amides is 2. The molecule has 0 N–H and O–H groups in total. The number of hydrogen-bond acceptors (Lipinski definition) is 6. The minimum absolute atomic E-state index is 0.0390. The number of methoxy groups -OCH3 is 1. The second-order valence-corrected chi connectivity index (χ2v) is 9.22. The molecule has 1 aliphatic heterocycles. The maximum atomic E-state index is 13.1. The summed E-state index contributed by atoms with van der Waals surface area (Å²) in [6, 6.07) is 11.8. The van der Waals surface area contributed by atoms with Crippen molar-refractivity contribution in [1.29, 1.82) is 0 Å². The first-order valence-electron chi connectivity index (χ1n) is 12.3. The molecule has 182 valence electrons. The van der Waals surface area contributed by atoms with Crippen molar-refractivity contribution in [3.63, 3.8) is 0 Å². The molecule has 1 unspecified atom stereocenters. The zero-order valence-corrected chi connectivity index (χ0v) is 20.4. The van der Waals surface area contributed by atoms with Crippen LogP contribution in [0.25, 0.3) is 11.3 Å². The van der Waals surface area contributed by atoms with Crippen LogP contribution in [0.15, 0.2) is 36.4 Å². The summed E-state index contributed by atoms with van der Waals surface area (Å²) in [5.41, 5.74) is 1.79. The molecule has 4 rings (SSSR count). The Morgan fingerprint density at radius 2 is 1.82 bits per heavy atom. The summed E-state index contributed by atoms with van der Waals surface area (Å²) in [5, 5.41) is 8.87. The Morgan fingerprint density at radius 1 is 1.06 bits per heavy atom. The van der Waals surface area contributed by atoms with Crippen molar-refractivity contribution in [2.24, 2.45) is 5.92 Å².